The molecule has 1 aliphatic heterocycles. The fraction of sp³-hybridized carbons (Fsp3) is 0.143. The minimum atomic E-state index is -0.513. The maximum absolute atomic E-state index is 12.7. The van der Waals surface area contributed by atoms with Gasteiger partial charge in [0.05, 0.1) is 11.2 Å². The number of nitrogens with one attached hydrogen (secondary N) is 1. The van der Waals surface area contributed by atoms with Crippen LogP contribution in [0.25, 0.3) is 0 Å². The highest BCUT2D eigenvalue weighted by atomic mass is 16.6. The number of nitro groups is 1. The Kier molecular flexibility index (Phi) is 4.82. The van der Waals surface area contributed by atoms with E-state index >= 15 is 0 Å². The predicted molar refractivity (Wildman–Crippen MR) is 106 cm³/mol. The zero-order valence-corrected chi connectivity index (χ0v) is 15.3. The highest BCUT2D eigenvalue weighted by molar-refractivity contribution is 6.06. The molecule has 8 heteroatoms. The monoisotopic (exact) mass is 391 g/mol. The highest BCUT2D eigenvalue weighted by Gasteiger charge is 2.25. The number of aryl methyl sites for hydroxylation is 1. The molecule has 1 N–H and O–H groups in total. The zero-order chi connectivity index (χ0) is 20.4. The Balaban J connectivity index is 1.52. The average Bonchev–Trinajstić information content (AvgIpc) is 3.27. The molecule has 2 heterocycles. The van der Waals surface area contributed by atoms with Gasteiger partial charge in [0.25, 0.3) is 17.5 Å². The van der Waals surface area contributed by atoms with Crippen molar-refractivity contribution in [1.29, 1.82) is 0 Å². The Morgan fingerprint density at radius 1 is 1.10 bits per heavy atom. The summed E-state index contributed by atoms with van der Waals surface area (Å²) in [4.78, 5) is 37.0. The number of benzene rings is 2. The van der Waals surface area contributed by atoms with E-state index in [2.05, 4.69) is 5.32 Å². The molecular formula is C21H17N3O5. The summed E-state index contributed by atoms with van der Waals surface area (Å²) in [5.41, 5.74) is 2.60. The molecule has 4 rings (SSSR count). The van der Waals surface area contributed by atoms with Gasteiger partial charge in [0.1, 0.15) is 0 Å². The van der Waals surface area contributed by atoms with Gasteiger partial charge < -0.3 is 14.6 Å². The second kappa shape index (κ2) is 7.59. The Hall–Kier alpha value is -3.94. The van der Waals surface area contributed by atoms with Crippen LogP contribution in [-0.2, 0) is 6.42 Å². The third kappa shape index (κ3) is 3.73. The molecule has 1 aliphatic rings. The van der Waals surface area contributed by atoms with E-state index in [0.29, 0.717) is 17.8 Å². The van der Waals surface area contributed by atoms with E-state index < -0.39 is 4.92 Å². The van der Waals surface area contributed by atoms with Gasteiger partial charge in [-0.1, -0.05) is 0 Å². The van der Waals surface area contributed by atoms with Crippen LogP contribution in [0, 0.1) is 10.1 Å². The molecule has 0 saturated carbocycles. The van der Waals surface area contributed by atoms with Gasteiger partial charge in [0, 0.05) is 35.6 Å². The van der Waals surface area contributed by atoms with Crippen molar-refractivity contribution in [3.8, 4) is 0 Å². The molecule has 8 nitrogen and oxygen atoms in total. The van der Waals surface area contributed by atoms with Gasteiger partial charge in [-0.2, -0.15) is 0 Å². The first-order chi connectivity index (χ1) is 14.0. The second-order valence-corrected chi connectivity index (χ2v) is 6.64. The van der Waals surface area contributed by atoms with Crippen molar-refractivity contribution in [2.24, 2.45) is 0 Å². The van der Waals surface area contributed by atoms with Crippen molar-refractivity contribution >= 4 is 28.9 Å². The van der Waals surface area contributed by atoms with E-state index in [-0.39, 0.29) is 23.3 Å². The lowest BCUT2D eigenvalue weighted by atomic mass is 10.0. The number of non-ortho nitro benzene ring substituents is 1. The molecule has 0 bridgehead atoms. The molecule has 0 aliphatic carbocycles. The number of fused-ring (bicyclic) bond motifs is 1. The summed E-state index contributed by atoms with van der Waals surface area (Å²) in [6, 6.07) is 14.1. The number of nitro benzene ring substituents is 1. The van der Waals surface area contributed by atoms with Crippen LogP contribution in [-0.4, -0.2) is 23.3 Å². The molecule has 29 heavy (non-hydrogen) atoms. The number of furan rings is 1. The van der Waals surface area contributed by atoms with Crippen molar-refractivity contribution in [1.82, 2.24) is 0 Å². The van der Waals surface area contributed by atoms with Crippen LogP contribution in [0.4, 0.5) is 17.1 Å². The van der Waals surface area contributed by atoms with Crippen LogP contribution < -0.4 is 10.2 Å². The third-order valence-corrected chi connectivity index (χ3v) is 4.77. The zero-order valence-electron chi connectivity index (χ0n) is 15.3. The van der Waals surface area contributed by atoms with Gasteiger partial charge in [-0.05, 0) is 60.9 Å². The SMILES string of the molecule is O=C(Nc1ccc2c(c1)CCCN2C(=O)c1ccco1)c1ccc([N+](=O)[O-])cc1. The molecule has 146 valence electrons. The maximum Gasteiger partial charge on any atom is 0.293 e. The average molecular weight is 391 g/mol. The summed E-state index contributed by atoms with van der Waals surface area (Å²) < 4.78 is 5.22. The van der Waals surface area contributed by atoms with Crippen LogP contribution in [0.5, 0.6) is 0 Å². The van der Waals surface area contributed by atoms with Crippen molar-refractivity contribution < 1.29 is 18.9 Å². The van der Waals surface area contributed by atoms with Crippen LogP contribution in [0.2, 0.25) is 0 Å². The van der Waals surface area contributed by atoms with E-state index in [1.165, 1.54) is 30.5 Å². The van der Waals surface area contributed by atoms with Crippen LogP contribution >= 0.6 is 0 Å². The summed E-state index contributed by atoms with van der Waals surface area (Å²) in [6.07, 6.45) is 3.06. The molecule has 0 spiro atoms. The van der Waals surface area contributed by atoms with Crippen molar-refractivity contribution in [2.75, 3.05) is 16.8 Å². The Morgan fingerprint density at radius 2 is 1.90 bits per heavy atom. The molecule has 0 atom stereocenters. The van der Waals surface area contributed by atoms with E-state index in [1.807, 2.05) is 6.07 Å². The van der Waals surface area contributed by atoms with Crippen molar-refractivity contribution in [3.05, 3.63) is 87.9 Å². The van der Waals surface area contributed by atoms with Gasteiger partial charge in [-0.3, -0.25) is 19.7 Å². The molecule has 0 radical (unpaired) electrons. The number of carbonyl (C=O) groups is 2. The molecule has 2 aromatic carbocycles. The van der Waals surface area contributed by atoms with E-state index in [4.69, 9.17) is 4.42 Å². The topological polar surface area (TPSA) is 106 Å². The molecule has 1 aromatic heterocycles. The molecule has 2 amide bonds. The van der Waals surface area contributed by atoms with Crippen molar-refractivity contribution in [2.45, 2.75) is 12.8 Å². The Bertz CT molecular complexity index is 1070. The highest BCUT2D eigenvalue weighted by Crippen LogP contribution is 2.31. The standard InChI is InChI=1S/C21H17N3O5/c25-20(14-5-8-17(9-6-14)24(27)28)22-16-7-10-18-15(13-16)3-1-11-23(18)21(26)19-4-2-12-29-19/h2,4-10,12-13H,1,3,11H2,(H,22,25). The quantitative estimate of drug-likeness (QED) is 0.534. The summed E-state index contributed by atoms with van der Waals surface area (Å²) in [5.74, 6) is -0.272. The minimum Gasteiger partial charge on any atom is -0.459 e. The molecule has 0 saturated heterocycles. The van der Waals surface area contributed by atoms with Crippen molar-refractivity contribution in [3.63, 3.8) is 0 Å². The molecule has 0 fully saturated rings. The minimum absolute atomic E-state index is 0.0725. The maximum atomic E-state index is 12.7. The number of amides is 2. The van der Waals surface area contributed by atoms with Crippen LogP contribution in [0.1, 0.15) is 32.9 Å². The molecule has 0 unspecified atom stereocenters. The van der Waals surface area contributed by atoms with Gasteiger partial charge >= 0.3 is 0 Å². The number of anilines is 2. The number of nitrogens with zero attached hydrogens (tertiary/aromatic N) is 2. The number of rotatable bonds is 4. The third-order valence-electron chi connectivity index (χ3n) is 4.77. The first-order valence-electron chi connectivity index (χ1n) is 9.07. The Labute approximate surface area is 165 Å². The van der Waals surface area contributed by atoms with E-state index in [9.17, 15) is 19.7 Å². The second-order valence-electron chi connectivity index (χ2n) is 6.64. The molecule has 3 aromatic rings. The normalized spacial score (nSPS) is 12.9. The fourth-order valence-corrected chi connectivity index (χ4v) is 3.36. The summed E-state index contributed by atoms with van der Waals surface area (Å²) in [6.45, 7) is 0.598. The lowest BCUT2D eigenvalue weighted by molar-refractivity contribution is -0.384. The first kappa shape index (κ1) is 18.4. The van der Waals surface area contributed by atoms with E-state index in [1.54, 1.807) is 29.2 Å². The van der Waals surface area contributed by atoms with Crippen LogP contribution in [0.15, 0.2) is 65.3 Å². The number of carbonyl (C=O) groups excluding carboxylic acids is 2. The molecular weight excluding hydrogens is 374 g/mol. The van der Waals surface area contributed by atoms with Gasteiger partial charge in [-0.25, -0.2) is 0 Å². The lowest BCUT2D eigenvalue weighted by Crippen LogP contribution is -2.35. The fourth-order valence-electron chi connectivity index (χ4n) is 3.36. The number of hydrogen-bond acceptors (Lipinski definition) is 5. The summed E-state index contributed by atoms with van der Waals surface area (Å²) in [7, 11) is 0. The van der Waals surface area contributed by atoms with Crippen LogP contribution in [0.3, 0.4) is 0 Å². The smallest absolute Gasteiger partial charge is 0.293 e. The lowest BCUT2D eigenvalue weighted by Gasteiger charge is -2.29. The van der Waals surface area contributed by atoms with Gasteiger partial charge in [0.2, 0.25) is 0 Å². The predicted octanol–water partition coefficient (Wildman–Crippen LogP) is 4.03. The Morgan fingerprint density at radius 3 is 2.59 bits per heavy atom. The van der Waals surface area contributed by atoms with Gasteiger partial charge in [-0.15, -0.1) is 0 Å². The first-order valence-corrected chi connectivity index (χ1v) is 9.07. The summed E-state index contributed by atoms with van der Waals surface area (Å²) in [5, 5.41) is 13.5. The number of hydrogen-bond donors (Lipinski definition) is 1. The largest absolute Gasteiger partial charge is 0.459 e. The van der Waals surface area contributed by atoms with Gasteiger partial charge in [0.15, 0.2) is 5.76 Å². The van der Waals surface area contributed by atoms with E-state index in [0.717, 1.165) is 24.1 Å². The summed E-state index contributed by atoms with van der Waals surface area (Å²) >= 11 is 0.